The predicted molar refractivity (Wildman–Crippen MR) is 72.9 cm³/mol. The number of carbonyl (C=O) groups is 2. The van der Waals surface area contributed by atoms with Crippen molar-refractivity contribution in [1.29, 1.82) is 0 Å². The van der Waals surface area contributed by atoms with Crippen molar-refractivity contribution in [3.05, 3.63) is 35.9 Å². The maximum atomic E-state index is 11.9. The number of rotatable bonds is 4. The van der Waals surface area contributed by atoms with Crippen LogP contribution in [0.4, 0.5) is 4.79 Å². The van der Waals surface area contributed by atoms with Gasteiger partial charge in [-0.3, -0.25) is 4.79 Å². The van der Waals surface area contributed by atoms with Crippen molar-refractivity contribution in [3.63, 3.8) is 0 Å². The zero-order valence-corrected chi connectivity index (χ0v) is 11.6. The molecule has 1 aromatic rings. The number of methoxy groups -OCH3 is 1. The Morgan fingerprint density at radius 2 is 2.05 bits per heavy atom. The molecule has 1 fully saturated rings. The van der Waals surface area contributed by atoms with Gasteiger partial charge in [0.15, 0.2) is 0 Å². The van der Waals surface area contributed by atoms with Crippen molar-refractivity contribution in [2.75, 3.05) is 20.2 Å². The van der Waals surface area contributed by atoms with Gasteiger partial charge in [0.1, 0.15) is 6.61 Å². The van der Waals surface area contributed by atoms with Crippen LogP contribution in [0.15, 0.2) is 30.3 Å². The minimum atomic E-state index is -0.318. The summed E-state index contributed by atoms with van der Waals surface area (Å²) in [6.07, 6.45) is 0.857. The molecule has 2 rings (SSSR count). The third kappa shape index (κ3) is 3.98. The molecule has 1 amide bonds. The summed E-state index contributed by atoms with van der Waals surface area (Å²) in [7, 11) is 1.38. The Balaban J connectivity index is 1.75. The van der Waals surface area contributed by atoms with Crippen molar-refractivity contribution in [2.45, 2.75) is 19.4 Å². The lowest BCUT2D eigenvalue weighted by Gasteiger charge is -2.16. The summed E-state index contributed by atoms with van der Waals surface area (Å²) in [5, 5.41) is 0. The first-order valence-corrected chi connectivity index (χ1v) is 6.71. The molecule has 1 atom stereocenters. The Labute approximate surface area is 118 Å². The first kappa shape index (κ1) is 14.4. The molecule has 0 aliphatic carbocycles. The minimum Gasteiger partial charge on any atom is -0.469 e. The normalized spacial score (nSPS) is 17.9. The van der Waals surface area contributed by atoms with Gasteiger partial charge in [-0.05, 0) is 17.9 Å². The molecule has 0 unspecified atom stereocenters. The quantitative estimate of drug-likeness (QED) is 0.792. The van der Waals surface area contributed by atoms with Crippen molar-refractivity contribution in [3.8, 4) is 0 Å². The summed E-state index contributed by atoms with van der Waals surface area (Å²) in [4.78, 5) is 24.8. The molecule has 5 heteroatoms. The van der Waals surface area contributed by atoms with E-state index in [2.05, 4.69) is 4.74 Å². The largest absolute Gasteiger partial charge is 0.469 e. The summed E-state index contributed by atoms with van der Waals surface area (Å²) in [5.74, 6) is -0.0544. The molecule has 0 radical (unpaired) electrons. The molecule has 108 valence electrons. The lowest BCUT2D eigenvalue weighted by molar-refractivity contribution is -0.141. The van der Waals surface area contributed by atoms with Crippen LogP contribution in [0, 0.1) is 5.92 Å². The van der Waals surface area contributed by atoms with Crippen LogP contribution in [0.1, 0.15) is 18.4 Å². The summed E-state index contributed by atoms with van der Waals surface area (Å²) >= 11 is 0. The van der Waals surface area contributed by atoms with Gasteiger partial charge in [-0.15, -0.1) is 0 Å². The fourth-order valence-electron chi connectivity index (χ4n) is 2.29. The fraction of sp³-hybridized carbons (Fsp3) is 0.467. The van der Waals surface area contributed by atoms with E-state index in [4.69, 9.17) is 4.74 Å². The van der Waals surface area contributed by atoms with E-state index in [-0.39, 0.29) is 24.6 Å². The van der Waals surface area contributed by atoms with Crippen molar-refractivity contribution < 1.29 is 19.1 Å². The second-order valence-corrected chi connectivity index (χ2v) is 4.92. The van der Waals surface area contributed by atoms with E-state index >= 15 is 0 Å². The van der Waals surface area contributed by atoms with Crippen LogP contribution in [0.5, 0.6) is 0 Å². The molecule has 20 heavy (non-hydrogen) atoms. The standard InChI is InChI=1S/C15H19NO4/c1-19-14(17)9-13-7-8-16(10-13)15(18)20-11-12-5-3-2-4-6-12/h2-6,13H,7-11H2,1H3/t13-/m0/s1. The Kier molecular flexibility index (Phi) is 4.98. The second-order valence-electron chi connectivity index (χ2n) is 4.92. The molecule has 0 N–H and O–H groups in total. The average Bonchev–Trinajstić information content (AvgIpc) is 2.94. The van der Waals surface area contributed by atoms with Crippen LogP contribution in [-0.4, -0.2) is 37.2 Å². The number of benzene rings is 1. The first-order valence-electron chi connectivity index (χ1n) is 6.71. The SMILES string of the molecule is COC(=O)C[C@@H]1CCN(C(=O)OCc2ccccc2)C1. The summed E-state index contributed by atoms with van der Waals surface area (Å²) < 4.78 is 9.90. The topological polar surface area (TPSA) is 55.8 Å². The van der Waals surface area contributed by atoms with Gasteiger partial charge < -0.3 is 14.4 Å². The van der Waals surface area contributed by atoms with Gasteiger partial charge in [0, 0.05) is 13.1 Å². The molecule has 1 heterocycles. The fourth-order valence-corrected chi connectivity index (χ4v) is 2.29. The van der Waals surface area contributed by atoms with Crippen molar-refractivity contribution >= 4 is 12.1 Å². The summed E-state index contributed by atoms with van der Waals surface area (Å²) in [6.45, 7) is 1.47. The van der Waals surface area contributed by atoms with Gasteiger partial charge >= 0.3 is 12.1 Å². The van der Waals surface area contributed by atoms with Crippen molar-refractivity contribution in [1.82, 2.24) is 4.90 Å². The number of carbonyl (C=O) groups excluding carboxylic acids is 2. The smallest absolute Gasteiger partial charge is 0.410 e. The number of nitrogens with zero attached hydrogens (tertiary/aromatic N) is 1. The average molecular weight is 277 g/mol. The van der Waals surface area contributed by atoms with Crippen LogP contribution in [0.3, 0.4) is 0 Å². The number of amides is 1. The van der Waals surface area contributed by atoms with E-state index in [0.29, 0.717) is 19.5 Å². The first-order chi connectivity index (χ1) is 9.69. The number of ether oxygens (including phenoxy) is 2. The Morgan fingerprint density at radius 1 is 1.30 bits per heavy atom. The van der Waals surface area contributed by atoms with Crippen LogP contribution in [-0.2, 0) is 20.9 Å². The van der Waals surface area contributed by atoms with Gasteiger partial charge in [-0.2, -0.15) is 0 Å². The highest BCUT2D eigenvalue weighted by Gasteiger charge is 2.28. The van der Waals surface area contributed by atoms with Gasteiger partial charge in [-0.1, -0.05) is 30.3 Å². The van der Waals surface area contributed by atoms with E-state index in [0.717, 1.165) is 12.0 Å². The summed E-state index contributed by atoms with van der Waals surface area (Å²) in [5.41, 5.74) is 0.964. The lowest BCUT2D eigenvalue weighted by Crippen LogP contribution is -2.29. The van der Waals surface area contributed by atoms with E-state index in [1.54, 1.807) is 4.90 Å². The maximum absolute atomic E-state index is 11.9. The Hall–Kier alpha value is -2.04. The molecule has 5 nitrogen and oxygen atoms in total. The monoisotopic (exact) mass is 277 g/mol. The van der Waals surface area contributed by atoms with Gasteiger partial charge in [0.05, 0.1) is 13.5 Å². The van der Waals surface area contributed by atoms with E-state index in [1.165, 1.54) is 7.11 Å². The Morgan fingerprint density at radius 3 is 2.75 bits per heavy atom. The third-order valence-electron chi connectivity index (χ3n) is 3.43. The van der Waals surface area contributed by atoms with Crippen LogP contribution in [0.2, 0.25) is 0 Å². The zero-order chi connectivity index (χ0) is 14.4. The molecule has 1 aliphatic rings. The molecule has 0 saturated carbocycles. The molecule has 0 aromatic heterocycles. The lowest BCUT2D eigenvalue weighted by atomic mass is 10.1. The Bertz CT molecular complexity index is 460. The number of hydrogen-bond acceptors (Lipinski definition) is 4. The van der Waals surface area contributed by atoms with Crippen LogP contribution in [0.25, 0.3) is 0 Å². The molecule has 1 aromatic carbocycles. The number of likely N-dealkylation sites (tertiary alicyclic amines) is 1. The zero-order valence-electron chi connectivity index (χ0n) is 11.6. The highest BCUT2D eigenvalue weighted by molar-refractivity contribution is 5.70. The molecular weight excluding hydrogens is 258 g/mol. The molecule has 1 saturated heterocycles. The van der Waals surface area contributed by atoms with Crippen LogP contribution >= 0.6 is 0 Å². The second kappa shape index (κ2) is 6.93. The number of hydrogen-bond donors (Lipinski definition) is 0. The minimum absolute atomic E-state index is 0.173. The molecule has 0 spiro atoms. The van der Waals surface area contributed by atoms with Crippen molar-refractivity contribution in [2.24, 2.45) is 5.92 Å². The van der Waals surface area contributed by atoms with E-state index in [9.17, 15) is 9.59 Å². The maximum Gasteiger partial charge on any atom is 0.410 e. The van der Waals surface area contributed by atoms with Gasteiger partial charge in [0.2, 0.25) is 0 Å². The van der Waals surface area contributed by atoms with Gasteiger partial charge in [0.25, 0.3) is 0 Å². The highest BCUT2D eigenvalue weighted by atomic mass is 16.6. The molecule has 1 aliphatic heterocycles. The van der Waals surface area contributed by atoms with Crippen LogP contribution < -0.4 is 0 Å². The predicted octanol–water partition coefficient (Wildman–Crippen LogP) is 2.21. The van der Waals surface area contributed by atoms with E-state index < -0.39 is 0 Å². The third-order valence-corrected chi connectivity index (χ3v) is 3.43. The van der Waals surface area contributed by atoms with E-state index in [1.807, 2.05) is 30.3 Å². The van der Waals surface area contributed by atoms with Gasteiger partial charge in [-0.25, -0.2) is 4.79 Å². The molecular formula is C15H19NO4. The summed E-state index contributed by atoms with van der Waals surface area (Å²) in [6, 6.07) is 9.56. The molecule has 0 bridgehead atoms. The highest BCUT2D eigenvalue weighted by Crippen LogP contribution is 2.20. The number of esters is 1.